The van der Waals surface area contributed by atoms with Gasteiger partial charge >= 0.3 is 0 Å². The molecule has 0 amide bonds. The van der Waals surface area contributed by atoms with Gasteiger partial charge in [0.05, 0.1) is 18.3 Å². The second-order valence-electron chi connectivity index (χ2n) is 12.4. The van der Waals surface area contributed by atoms with Gasteiger partial charge < -0.3 is 9.53 Å². The molecule has 0 saturated carbocycles. The van der Waals surface area contributed by atoms with Crippen LogP contribution < -0.4 is 4.43 Å². The largest absolute Gasteiger partial charge is 0.543 e. The lowest BCUT2D eigenvalue weighted by atomic mass is 9.93. The van der Waals surface area contributed by atoms with E-state index in [1.165, 1.54) is 11.1 Å². The van der Waals surface area contributed by atoms with Crippen molar-refractivity contribution in [1.82, 2.24) is 14.8 Å². The molecule has 2 aromatic carbocycles. The first-order valence-electron chi connectivity index (χ1n) is 14.0. The van der Waals surface area contributed by atoms with Crippen LogP contribution in [0.15, 0.2) is 66.6 Å². The van der Waals surface area contributed by atoms with Crippen LogP contribution in [0.4, 0.5) is 0 Å². The first kappa shape index (κ1) is 29.7. The minimum atomic E-state index is -1.96. The van der Waals surface area contributed by atoms with Gasteiger partial charge in [-0.2, -0.15) is 0 Å². The summed E-state index contributed by atoms with van der Waals surface area (Å²) in [7, 11) is -1.96. The van der Waals surface area contributed by atoms with E-state index in [9.17, 15) is 5.11 Å². The minimum Gasteiger partial charge on any atom is -0.543 e. The maximum absolute atomic E-state index is 9.44. The Hall–Kier alpha value is -2.29. The summed E-state index contributed by atoms with van der Waals surface area (Å²) in [5.74, 6) is 0.964. The molecule has 39 heavy (non-hydrogen) atoms. The highest BCUT2D eigenvalue weighted by Crippen LogP contribution is 2.40. The zero-order chi connectivity index (χ0) is 28.4. The molecule has 4 rings (SSSR count). The number of aliphatic hydroxyl groups excluding tert-OH is 1. The van der Waals surface area contributed by atoms with Gasteiger partial charge in [-0.15, -0.1) is 17.9 Å². The first-order valence-corrected chi connectivity index (χ1v) is 17.8. The molecule has 0 aliphatic carbocycles. The van der Waals surface area contributed by atoms with E-state index < -0.39 is 8.32 Å². The van der Waals surface area contributed by atoms with Gasteiger partial charge in [0.25, 0.3) is 0 Å². The zero-order valence-electron chi connectivity index (χ0n) is 24.6. The summed E-state index contributed by atoms with van der Waals surface area (Å²) >= 11 is 1.57. The molecular formula is C32H45N3O2SSi. The van der Waals surface area contributed by atoms with Crippen molar-refractivity contribution in [1.29, 1.82) is 0 Å². The lowest BCUT2D eigenvalue weighted by molar-refractivity contribution is 0.0306. The Balaban J connectivity index is 1.72. The Morgan fingerprint density at radius 3 is 2.44 bits per heavy atom. The van der Waals surface area contributed by atoms with Crippen LogP contribution in [-0.2, 0) is 6.61 Å². The third kappa shape index (κ3) is 6.72. The van der Waals surface area contributed by atoms with E-state index in [-0.39, 0.29) is 17.7 Å². The molecule has 1 fully saturated rings. The molecular weight excluding hydrogens is 519 g/mol. The average molecular weight is 564 g/mol. The molecule has 5 nitrogen and oxygen atoms in total. The summed E-state index contributed by atoms with van der Waals surface area (Å²) in [6.45, 7) is 23.0. The highest BCUT2D eigenvalue weighted by atomic mass is 32.1. The highest BCUT2D eigenvalue weighted by molar-refractivity contribution is 7.13. The monoisotopic (exact) mass is 563 g/mol. The molecule has 0 radical (unpaired) electrons. The SMILES string of the molecule is C=CCN1C[C@H](C)N([C@H](c2ccc(-c3nc(CO)cs3)cc2)c2cccc(O[Si](C)(C)C(C)(C)C)c2)C[C@H]1C. The number of aliphatic hydroxyl groups is 1. The fourth-order valence-electron chi connectivity index (χ4n) is 5.10. The average Bonchev–Trinajstić information content (AvgIpc) is 3.36. The number of thiazole rings is 1. The predicted molar refractivity (Wildman–Crippen MR) is 167 cm³/mol. The van der Waals surface area contributed by atoms with Crippen LogP contribution in [0.1, 0.15) is 57.5 Å². The summed E-state index contributed by atoms with van der Waals surface area (Å²) in [5.41, 5.74) is 4.32. The Bertz CT molecular complexity index is 1250. The minimum absolute atomic E-state index is 0.0299. The molecule has 0 unspecified atom stereocenters. The van der Waals surface area contributed by atoms with Crippen molar-refractivity contribution in [2.45, 2.75) is 77.5 Å². The number of aromatic nitrogens is 1. The third-order valence-electron chi connectivity index (χ3n) is 8.40. The van der Waals surface area contributed by atoms with Crippen LogP contribution in [0, 0.1) is 0 Å². The van der Waals surface area contributed by atoms with Crippen molar-refractivity contribution in [3.05, 3.63) is 83.4 Å². The molecule has 0 spiro atoms. The van der Waals surface area contributed by atoms with Crippen LogP contribution in [0.5, 0.6) is 5.75 Å². The van der Waals surface area contributed by atoms with Crippen molar-refractivity contribution in [2.24, 2.45) is 0 Å². The molecule has 3 aromatic rings. The van der Waals surface area contributed by atoms with E-state index in [1.807, 2.05) is 11.5 Å². The van der Waals surface area contributed by atoms with Crippen molar-refractivity contribution in [2.75, 3.05) is 19.6 Å². The van der Waals surface area contributed by atoms with Crippen LogP contribution in [0.2, 0.25) is 18.1 Å². The van der Waals surface area contributed by atoms with Gasteiger partial charge in [0.1, 0.15) is 10.8 Å². The zero-order valence-corrected chi connectivity index (χ0v) is 26.5. The molecule has 1 aliphatic heterocycles. The Morgan fingerprint density at radius 1 is 1.10 bits per heavy atom. The lowest BCUT2D eigenvalue weighted by Crippen LogP contribution is -2.57. The van der Waals surface area contributed by atoms with Crippen LogP contribution in [0.3, 0.4) is 0 Å². The summed E-state index contributed by atoms with van der Waals surface area (Å²) in [6, 6.07) is 18.5. The molecule has 7 heteroatoms. The summed E-state index contributed by atoms with van der Waals surface area (Å²) in [4.78, 5) is 9.74. The van der Waals surface area contributed by atoms with Crippen molar-refractivity contribution in [3.63, 3.8) is 0 Å². The van der Waals surface area contributed by atoms with Crippen LogP contribution in [0.25, 0.3) is 10.6 Å². The molecule has 1 aromatic heterocycles. The fraction of sp³-hybridized carbons (Fsp3) is 0.469. The van der Waals surface area contributed by atoms with Crippen molar-refractivity contribution in [3.8, 4) is 16.3 Å². The van der Waals surface area contributed by atoms with Gasteiger partial charge in [0, 0.05) is 42.7 Å². The topological polar surface area (TPSA) is 48.8 Å². The van der Waals surface area contributed by atoms with Gasteiger partial charge in [0.2, 0.25) is 8.32 Å². The molecule has 1 aliphatic rings. The van der Waals surface area contributed by atoms with Gasteiger partial charge in [-0.3, -0.25) is 9.80 Å². The van der Waals surface area contributed by atoms with Gasteiger partial charge in [-0.05, 0) is 55.2 Å². The van der Waals surface area contributed by atoms with Crippen molar-refractivity contribution >= 4 is 19.7 Å². The summed E-state index contributed by atoms with van der Waals surface area (Å²) in [6.07, 6.45) is 2.01. The second kappa shape index (κ2) is 12.1. The standard InChI is InChI=1S/C32H45N3O2SSi/c1-9-17-34-19-24(3)35(20-23(34)2)30(25-13-15-26(16-14-25)31-33-28(21-36)22-38-31)27-11-10-12-29(18-27)37-39(7,8)32(4,5)6/h9-16,18,22-24,30,36H,1,17,19-21H2,2-8H3/t23-,24+,30-/m1/s1. The maximum atomic E-state index is 9.44. The fourth-order valence-corrected chi connectivity index (χ4v) is 6.94. The highest BCUT2D eigenvalue weighted by Gasteiger charge is 2.39. The summed E-state index contributed by atoms with van der Waals surface area (Å²) in [5, 5.41) is 12.4. The predicted octanol–water partition coefficient (Wildman–Crippen LogP) is 7.36. The van der Waals surface area contributed by atoms with Gasteiger partial charge in [0.15, 0.2) is 0 Å². The molecule has 0 bridgehead atoms. The number of nitrogens with zero attached hydrogens (tertiary/aromatic N) is 3. The Labute approximate surface area is 240 Å². The molecule has 1 saturated heterocycles. The van der Waals surface area contributed by atoms with E-state index in [4.69, 9.17) is 4.43 Å². The first-order chi connectivity index (χ1) is 18.4. The van der Waals surface area contributed by atoms with E-state index in [1.54, 1.807) is 11.3 Å². The Morgan fingerprint density at radius 2 is 1.82 bits per heavy atom. The van der Waals surface area contributed by atoms with E-state index >= 15 is 0 Å². The number of benzene rings is 2. The quantitative estimate of drug-likeness (QED) is 0.218. The summed E-state index contributed by atoms with van der Waals surface area (Å²) < 4.78 is 6.74. The van der Waals surface area contributed by atoms with Crippen LogP contribution >= 0.6 is 11.3 Å². The number of rotatable bonds is 9. The van der Waals surface area contributed by atoms with Crippen molar-refractivity contribution < 1.29 is 9.53 Å². The molecule has 1 N–H and O–H groups in total. The smallest absolute Gasteiger partial charge is 0.250 e. The second-order valence-corrected chi connectivity index (χ2v) is 18.0. The lowest BCUT2D eigenvalue weighted by Gasteiger charge is -2.47. The normalized spacial score (nSPS) is 20.1. The molecule has 3 atom stereocenters. The van der Waals surface area contributed by atoms with E-state index in [2.05, 4.69) is 118 Å². The number of piperazine rings is 1. The van der Waals surface area contributed by atoms with Gasteiger partial charge in [-0.1, -0.05) is 63.2 Å². The number of hydrogen-bond donors (Lipinski definition) is 1. The molecule has 210 valence electrons. The maximum Gasteiger partial charge on any atom is 0.250 e. The third-order valence-corrected chi connectivity index (χ3v) is 13.7. The van der Waals surface area contributed by atoms with Gasteiger partial charge in [-0.25, -0.2) is 4.98 Å². The number of hydrogen-bond acceptors (Lipinski definition) is 6. The molecule has 2 heterocycles. The van der Waals surface area contributed by atoms with E-state index in [0.29, 0.717) is 12.1 Å². The van der Waals surface area contributed by atoms with E-state index in [0.717, 1.165) is 41.6 Å². The Kier molecular flexibility index (Phi) is 9.18. The van der Waals surface area contributed by atoms with Crippen LogP contribution in [-0.4, -0.2) is 59.9 Å².